The molecule has 0 aliphatic heterocycles. The number of aliphatic hydroxyl groups is 1. The Morgan fingerprint density at radius 1 is 1.06 bits per heavy atom. The normalized spacial score (nSPS) is 12.6. The summed E-state index contributed by atoms with van der Waals surface area (Å²) >= 11 is 0. The summed E-state index contributed by atoms with van der Waals surface area (Å²) in [6.45, 7) is 4.38. The second-order valence-corrected chi connectivity index (χ2v) is 6.15. The number of rotatable bonds is 7. The molecule has 0 radical (unpaired) electrons. The van der Waals surface area contributed by atoms with Crippen molar-refractivity contribution in [2.45, 2.75) is 38.9 Å². The fourth-order valence-corrected chi connectivity index (χ4v) is 3.17. The predicted molar refractivity (Wildman–Crippen MR) is 73.6 cm³/mol. The summed E-state index contributed by atoms with van der Waals surface area (Å²) in [5.74, 6) is 1.40. The lowest BCUT2D eigenvalue weighted by molar-refractivity contribution is 0.284. The molecule has 0 amide bonds. The Kier molecular flexibility index (Phi) is 6.45. The molecule has 1 aromatic carbocycles. The number of aryl methyl sites for hydroxylation is 2. The Balaban J connectivity index is 2.39. The van der Waals surface area contributed by atoms with Gasteiger partial charge in [0.1, 0.15) is 0 Å². The molecule has 0 heterocycles. The second-order valence-electron chi connectivity index (χ2n) is 4.57. The van der Waals surface area contributed by atoms with Crippen LogP contribution in [0.25, 0.3) is 0 Å². The molecule has 1 atom stereocenters. The van der Waals surface area contributed by atoms with Gasteiger partial charge in [-0.1, -0.05) is 35.7 Å². The predicted octanol–water partition coefficient (Wildman–Crippen LogP) is 2.71. The van der Waals surface area contributed by atoms with Gasteiger partial charge in [-0.3, -0.25) is 4.21 Å². The van der Waals surface area contributed by atoms with E-state index in [2.05, 4.69) is 32.0 Å². The molecule has 0 saturated carbocycles. The first-order valence-electron chi connectivity index (χ1n) is 6.15. The standard InChI is InChI=1S/C14H22O2S/c1-12-8-13(2)10-14(9-12)11-17(16)7-5-3-4-6-15/h8-10,15H,3-7,11H2,1-2H3. The maximum atomic E-state index is 11.8. The molecule has 1 rings (SSSR count). The summed E-state index contributed by atoms with van der Waals surface area (Å²) in [7, 11) is -0.773. The lowest BCUT2D eigenvalue weighted by Gasteiger charge is -2.05. The van der Waals surface area contributed by atoms with Gasteiger partial charge in [-0.15, -0.1) is 0 Å². The summed E-state index contributed by atoms with van der Waals surface area (Å²) in [6, 6.07) is 6.35. The van der Waals surface area contributed by atoms with Crippen molar-refractivity contribution in [3.63, 3.8) is 0 Å². The third-order valence-electron chi connectivity index (χ3n) is 2.64. The summed E-state index contributed by atoms with van der Waals surface area (Å²) in [6.07, 6.45) is 2.73. The number of unbranched alkanes of at least 4 members (excludes halogenated alkanes) is 2. The molecular formula is C14H22O2S. The van der Waals surface area contributed by atoms with Gasteiger partial charge >= 0.3 is 0 Å². The van der Waals surface area contributed by atoms with E-state index in [4.69, 9.17) is 5.11 Å². The van der Waals surface area contributed by atoms with E-state index in [0.29, 0.717) is 5.75 Å². The molecule has 0 aliphatic rings. The monoisotopic (exact) mass is 254 g/mol. The van der Waals surface area contributed by atoms with E-state index in [1.165, 1.54) is 16.7 Å². The molecule has 96 valence electrons. The van der Waals surface area contributed by atoms with E-state index in [-0.39, 0.29) is 6.61 Å². The minimum Gasteiger partial charge on any atom is -0.396 e. The van der Waals surface area contributed by atoms with Gasteiger partial charge in [-0.25, -0.2) is 0 Å². The topological polar surface area (TPSA) is 37.3 Å². The van der Waals surface area contributed by atoms with Gasteiger partial charge in [0.2, 0.25) is 0 Å². The highest BCUT2D eigenvalue weighted by Gasteiger charge is 2.03. The highest BCUT2D eigenvalue weighted by Crippen LogP contribution is 2.11. The average Bonchev–Trinajstić information content (AvgIpc) is 2.23. The van der Waals surface area contributed by atoms with Crippen LogP contribution in [0.2, 0.25) is 0 Å². The molecule has 0 aliphatic carbocycles. The van der Waals surface area contributed by atoms with Crippen molar-refractivity contribution in [2.75, 3.05) is 12.4 Å². The SMILES string of the molecule is Cc1cc(C)cc(CS(=O)CCCCCO)c1. The highest BCUT2D eigenvalue weighted by atomic mass is 32.2. The zero-order valence-electron chi connectivity index (χ0n) is 10.7. The molecule has 1 N–H and O–H groups in total. The van der Waals surface area contributed by atoms with Crippen LogP contribution in [0.4, 0.5) is 0 Å². The fourth-order valence-electron chi connectivity index (χ4n) is 1.96. The molecule has 0 fully saturated rings. The van der Waals surface area contributed by atoms with Gasteiger partial charge in [0.15, 0.2) is 0 Å². The summed E-state index contributed by atoms with van der Waals surface area (Å²) < 4.78 is 11.8. The molecule has 1 aromatic rings. The zero-order valence-corrected chi connectivity index (χ0v) is 11.6. The van der Waals surface area contributed by atoms with E-state index >= 15 is 0 Å². The maximum Gasteiger partial charge on any atom is 0.0485 e. The fraction of sp³-hybridized carbons (Fsp3) is 0.571. The van der Waals surface area contributed by atoms with Crippen molar-refractivity contribution in [3.8, 4) is 0 Å². The lowest BCUT2D eigenvalue weighted by atomic mass is 10.1. The lowest BCUT2D eigenvalue weighted by Crippen LogP contribution is -2.02. The van der Waals surface area contributed by atoms with Gasteiger partial charge in [0.25, 0.3) is 0 Å². The number of benzene rings is 1. The van der Waals surface area contributed by atoms with Crippen LogP contribution in [-0.4, -0.2) is 21.7 Å². The van der Waals surface area contributed by atoms with E-state index in [9.17, 15) is 4.21 Å². The third-order valence-corrected chi connectivity index (χ3v) is 4.04. The summed E-state index contributed by atoms with van der Waals surface area (Å²) in [5.41, 5.74) is 3.64. The van der Waals surface area contributed by atoms with Crippen molar-refractivity contribution < 1.29 is 9.32 Å². The van der Waals surface area contributed by atoms with E-state index in [0.717, 1.165) is 25.0 Å². The van der Waals surface area contributed by atoms with Crippen LogP contribution in [0.15, 0.2) is 18.2 Å². The molecule has 0 bridgehead atoms. The van der Waals surface area contributed by atoms with Gasteiger partial charge in [0.05, 0.1) is 0 Å². The van der Waals surface area contributed by atoms with Gasteiger partial charge in [0, 0.05) is 28.9 Å². The van der Waals surface area contributed by atoms with Crippen LogP contribution in [0, 0.1) is 13.8 Å². The minimum atomic E-state index is -0.773. The third kappa shape index (κ3) is 5.99. The first-order valence-corrected chi connectivity index (χ1v) is 7.63. The molecule has 1 unspecified atom stereocenters. The Hall–Kier alpha value is -0.670. The number of aliphatic hydroxyl groups excluding tert-OH is 1. The highest BCUT2D eigenvalue weighted by molar-refractivity contribution is 7.84. The van der Waals surface area contributed by atoms with Crippen LogP contribution in [0.1, 0.15) is 36.0 Å². The largest absolute Gasteiger partial charge is 0.396 e. The smallest absolute Gasteiger partial charge is 0.0485 e. The molecule has 3 heteroatoms. The summed E-state index contributed by atoms with van der Waals surface area (Å²) in [5, 5.41) is 8.65. The maximum absolute atomic E-state index is 11.8. The van der Waals surface area contributed by atoms with E-state index in [1.54, 1.807) is 0 Å². The minimum absolute atomic E-state index is 0.240. The van der Waals surface area contributed by atoms with Crippen molar-refractivity contribution in [2.24, 2.45) is 0 Å². The quantitative estimate of drug-likeness (QED) is 0.760. The Morgan fingerprint density at radius 3 is 2.29 bits per heavy atom. The van der Waals surface area contributed by atoms with Crippen LogP contribution >= 0.6 is 0 Å². The van der Waals surface area contributed by atoms with Crippen LogP contribution in [0.3, 0.4) is 0 Å². The number of hydrogen-bond donors (Lipinski definition) is 1. The van der Waals surface area contributed by atoms with E-state index in [1.807, 2.05) is 0 Å². The average molecular weight is 254 g/mol. The van der Waals surface area contributed by atoms with Crippen molar-refractivity contribution >= 4 is 10.8 Å². The van der Waals surface area contributed by atoms with Crippen LogP contribution in [-0.2, 0) is 16.6 Å². The van der Waals surface area contributed by atoms with Gasteiger partial charge < -0.3 is 5.11 Å². The van der Waals surface area contributed by atoms with Crippen molar-refractivity contribution in [3.05, 3.63) is 34.9 Å². The molecule has 0 aromatic heterocycles. The Morgan fingerprint density at radius 2 is 1.71 bits per heavy atom. The second kappa shape index (κ2) is 7.62. The molecule has 2 nitrogen and oxygen atoms in total. The van der Waals surface area contributed by atoms with Crippen LogP contribution < -0.4 is 0 Å². The first-order chi connectivity index (χ1) is 8.11. The van der Waals surface area contributed by atoms with Crippen molar-refractivity contribution in [1.29, 1.82) is 0 Å². The summed E-state index contributed by atoms with van der Waals surface area (Å²) in [4.78, 5) is 0. The van der Waals surface area contributed by atoms with Gasteiger partial charge in [-0.05, 0) is 32.3 Å². The first kappa shape index (κ1) is 14.4. The van der Waals surface area contributed by atoms with Gasteiger partial charge in [-0.2, -0.15) is 0 Å². The molecular weight excluding hydrogens is 232 g/mol. The molecule has 0 saturated heterocycles. The molecule has 17 heavy (non-hydrogen) atoms. The van der Waals surface area contributed by atoms with Crippen LogP contribution in [0.5, 0.6) is 0 Å². The Labute approximate surface area is 107 Å². The van der Waals surface area contributed by atoms with E-state index < -0.39 is 10.8 Å². The molecule has 0 spiro atoms. The van der Waals surface area contributed by atoms with Crippen molar-refractivity contribution in [1.82, 2.24) is 0 Å². The Bertz CT molecular complexity index is 354. The number of hydrogen-bond acceptors (Lipinski definition) is 2. The zero-order chi connectivity index (χ0) is 12.7.